The Labute approximate surface area is 112 Å². The maximum atomic E-state index is 10.9. The van der Waals surface area contributed by atoms with Gasteiger partial charge >= 0.3 is 5.97 Å². The molecule has 0 spiro atoms. The van der Waals surface area contributed by atoms with Crippen LogP contribution in [0.15, 0.2) is 42.5 Å². The quantitative estimate of drug-likeness (QED) is 0.927. The van der Waals surface area contributed by atoms with Crippen molar-refractivity contribution in [2.45, 2.75) is 13.0 Å². The SMILES string of the molecule is C[C@@H](C(=O)O)N(C)c1ccc2ccccc2c1.Cl. The van der Waals surface area contributed by atoms with Gasteiger partial charge < -0.3 is 10.0 Å². The number of halogens is 1. The zero-order valence-corrected chi connectivity index (χ0v) is 11.1. The normalized spacial score (nSPS) is 11.7. The lowest BCUT2D eigenvalue weighted by Crippen LogP contribution is -2.35. The lowest BCUT2D eigenvalue weighted by atomic mass is 10.1. The summed E-state index contributed by atoms with van der Waals surface area (Å²) in [6.45, 7) is 1.68. The van der Waals surface area contributed by atoms with Crippen LogP contribution in [0.3, 0.4) is 0 Å². The number of hydrogen-bond donors (Lipinski definition) is 1. The number of fused-ring (bicyclic) bond motifs is 1. The third kappa shape index (κ3) is 2.74. The summed E-state index contributed by atoms with van der Waals surface area (Å²) in [5.41, 5.74) is 0.915. The molecule has 0 aliphatic rings. The fraction of sp³-hybridized carbons (Fsp3) is 0.214. The summed E-state index contributed by atoms with van der Waals surface area (Å²) >= 11 is 0. The molecule has 0 aliphatic heterocycles. The number of likely N-dealkylation sites (N-methyl/N-ethyl adjacent to an activating group) is 1. The fourth-order valence-electron chi connectivity index (χ4n) is 1.79. The molecular formula is C14H16ClNO2. The molecule has 0 amide bonds. The first kappa shape index (κ1) is 14.3. The molecule has 2 rings (SSSR count). The molecular weight excluding hydrogens is 250 g/mol. The largest absolute Gasteiger partial charge is 0.480 e. The van der Waals surface area contributed by atoms with Gasteiger partial charge in [-0.3, -0.25) is 0 Å². The zero-order valence-electron chi connectivity index (χ0n) is 10.3. The standard InChI is InChI=1S/C14H15NO2.ClH/c1-10(14(16)17)15(2)13-8-7-11-5-3-4-6-12(11)9-13;/h3-10H,1-2H3,(H,16,17);1H/t10-;/m0./s1. The van der Waals surface area contributed by atoms with Gasteiger partial charge in [-0.2, -0.15) is 0 Å². The summed E-state index contributed by atoms with van der Waals surface area (Å²) in [5, 5.41) is 11.3. The molecule has 4 heteroatoms. The Morgan fingerprint density at radius 3 is 2.39 bits per heavy atom. The van der Waals surface area contributed by atoms with Crippen molar-refractivity contribution in [2.75, 3.05) is 11.9 Å². The number of hydrogen-bond acceptors (Lipinski definition) is 2. The molecule has 0 aliphatic carbocycles. The topological polar surface area (TPSA) is 40.5 Å². The van der Waals surface area contributed by atoms with Gasteiger partial charge in [0.2, 0.25) is 0 Å². The van der Waals surface area contributed by atoms with Crippen LogP contribution in [0.5, 0.6) is 0 Å². The predicted molar refractivity (Wildman–Crippen MR) is 76.7 cm³/mol. The van der Waals surface area contributed by atoms with Gasteiger partial charge in [-0.15, -0.1) is 12.4 Å². The van der Waals surface area contributed by atoms with E-state index in [1.807, 2.05) is 42.5 Å². The van der Waals surface area contributed by atoms with Crippen LogP contribution >= 0.6 is 12.4 Å². The summed E-state index contributed by atoms with van der Waals surface area (Å²) in [6.07, 6.45) is 0. The van der Waals surface area contributed by atoms with Crippen molar-refractivity contribution in [1.29, 1.82) is 0 Å². The van der Waals surface area contributed by atoms with Crippen molar-refractivity contribution in [2.24, 2.45) is 0 Å². The molecule has 3 nitrogen and oxygen atoms in total. The van der Waals surface area contributed by atoms with Crippen LogP contribution in [0.4, 0.5) is 5.69 Å². The third-order valence-corrected chi connectivity index (χ3v) is 3.08. The Morgan fingerprint density at radius 2 is 1.78 bits per heavy atom. The van der Waals surface area contributed by atoms with E-state index in [0.717, 1.165) is 16.5 Å². The van der Waals surface area contributed by atoms with E-state index in [1.165, 1.54) is 0 Å². The molecule has 0 saturated carbocycles. The maximum Gasteiger partial charge on any atom is 0.326 e. The number of carboxylic acid groups (broad SMARTS) is 1. The number of aliphatic carboxylic acids is 1. The molecule has 2 aromatic carbocycles. The van der Waals surface area contributed by atoms with E-state index in [4.69, 9.17) is 5.11 Å². The Balaban J connectivity index is 0.00000162. The first-order valence-corrected chi connectivity index (χ1v) is 5.54. The summed E-state index contributed by atoms with van der Waals surface area (Å²) in [7, 11) is 1.79. The fourth-order valence-corrected chi connectivity index (χ4v) is 1.79. The lowest BCUT2D eigenvalue weighted by Gasteiger charge is -2.23. The highest BCUT2D eigenvalue weighted by atomic mass is 35.5. The number of nitrogens with zero attached hydrogens (tertiary/aromatic N) is 1. The summed E-state index contributed by atoms with van der Waals surface area (Å²) in [5.74, 6) is -0.819. The number of carboxylic acids is 1. The van der Waals surface area contributed by atoms with Crippen LogP contribution in [-0.2, 0) is 4.79 Å². The first-order chi connectivity index (χ1) is 8.09. The van der Waals surface area contributed by atoms with Crippen molar-refractivity contribution >= 4 is 34.8 Å². The van der Waals surface area contributed by atoms with E-state index in [-0.39, 0.29) is 12.4 Å². The molecule has 0 unspecified atom stereocenters. The second-order valence-corrected chi connectivity index (χ2v) is 4.16. The molecule has 2 aromatic rings. The van der Waals surface area contributed by atoms with Crippen molar-refractivity contribution in [3.8, 4) is 0 Å². The monoisotopic (exact) mass is 265 g/mol. The molecule has 0 aromatic heterocycles. The van der Waals surface area contributed by atoms with Crippen LogP contribution in [0.2, 0.25) is 0 Å². The van der Waals surface area contributed by atoms with Crippen molar-refractivity contribution in [3.05, 3.63) is 42.5 Å². The molecule has 0 fully saturated rings. The predicted octanol–water partition coefficient (Wildman–Crippen LogP) is 3.17. The highest BCUT2D eigenvalue weighted by Crippen LogP contribution is 2.22. The minimum atomic E-state index is -0.819. The lowest BCUT2D eigenvalue weighted by molar-refractivity contribution is -0.138. The Morgan fingerprint density at radius 1 is 1.17 bits per heavy atom. The van der Waals surface area contributed by atoms with E-state index in [0.29, 0.717) is 0 Å². The van der Waals surface area contributed by atoms with Gasteiger partial charge in [-0.25, -0.2) is 4.79 Å². The van der Waals surface area contributed by atoms with Crippen LogP contribution in [-0.4, -0.2) is 24.2 Å². The average molecular weight is 266 g/mol. The second-order valence-electron chi connectivity index (χ2n) is 4.16. The third-order valence-electron chi connectivity index (χ3n) is 3.08. The number of carbonyl (C=O) groups is 1. The zero-order chi connectivity index (χ0) is 12.4. The van der Waals surface area contributed by atoms with Crippen molar-refractivity contribution < 1.29 is 9.90 Å². The average Bonchev–Trinajstić information content (AvgIpc) is 2.36. The molecule has 0 heterocycles. The summed E-state index contributed by atoms with van der Waals surface area (Å²) in [4.78, 5) is 12.7. The van der Waals surface area contributed by atoms with Gasteiger partial charge in [-0.05, 0) is 29.8 Å². The minimum absolute atomic E-state index is 0. The molecule has 96 valence electrons. The van der Waals surface area contributed by atoms with Gasteiger partial charge in [0.1, 0.15) is 6.04 Å². The van der Waals surface area contributed by atoms with E-state index < -0.39 is 12.0 Å². The van der Waals surface area contributed by atoms with Gasteiger partial charge in [0, 0.05) is 12.7 Å². The van der Waals surface area contributed by atoms with Crippen LogP contribution in [0.25, 0.3) is 10.8 Å². The smallest absolute Gasteiger partial charge is 0.326 e. The highest BCUT2D eigenvalue weighted by molar-refractivity contribution is 5.87. The first-order valence-electron chi connectivity index (χ1n) is 5.54. The molecule has 1 N–H and O–H groups in total. The molecule has 0 bridgehead atoms. The molecule has 0 saturated heterocycles. The summed E-state index contributed by atoms with van der Waals surface area (Å²) in [6, 6.07) is 13.5. The number of rotatable bonds is 3. The number of anilines is 1. The van der Waals surface area contributed by atoms with Gasteiger partial charge in [0.25, 0.3) is 0 Å². The molecule has 0 radical (unpaired) electrons. The molecule has 18 heavy (non-hydrogen) atoms. The van der Waals surface area contributed by atoms with Gasteiger partial charge in [-0.1, -0.05) is 30.3 Å². The minimum Gasteiger partial charge on any atom is -0.480 e. The van der Waals surface area contributed by atoms with E-state index in [1.54, 1.807) is 18.9 Å². The van der Waals surface area contributed by atoms with Gasteiger partial charge in [0.05, 0.1) is 0 Å². The van der Waals surface area contributed by atoms with E-state index in [9.17, 15) is 4.79 Å². The number of benzene rings is 2. The Bertz CT molecular complexity index is 556. The second kappa shape index (κ2) is 5.74. The Hall–Kier alpha value is -1.74. The maximum absolute atomic E-state index is 10.9. The van der Waals surface area contributed by atoms with Gasteiger partial charge in [0.15, 0.2) is 0 Å². The van der Waals surface area contributed by atoms with E-state index in [2.05, 4.69) is 0 Å². The van der Waals surface area contributed by atoms with Crippen molar-refractivity contribution in [3.63, 3.8) is 0 Å². The summed E-state index contributed by atoms with van der Waals surface area (Å²) < 4.78 is 0. The Kier molecular flexibility index (Phi) is 4.56. The van der Waals surface area contributed by atoms with Crippen LogP contribution < -0.4 is 4.90 Å². The van der Waals surface area contributed by atoms with Crippen LogP contribution in [0, 0.1) is 0 Å². The highest BCUT2D eigenvalue weighted by Gasteiger charge is 2.16. The van der Waals surface area contributed by atoms with Crippen LogP contribution in [0.1, 0.15) is 6.92 Å². The van der Waals surface area contributed by atoms with Crippen molar-refractivity contribution in [1.82, 2.24) is 0 Å². The molecule has 1 atom stereocenters. The van der Waals surface area contributed by atoms with E-state index >= 15 is 0 Å².